The molecule has 1 aromatic carbocycles. The summed E-state index contributed by atoms with van der Waals surface area (Å²) in [5.41, 5.74) is 4.60. The SMILES string of the molecule is C=C(/N=C\C=C/C)NCC1(NC(=O)c2nc(-c3ccc(OC)c4nc(C(F)(F)F)ccc34)oc2CN)CC1. The van der Waals surface area contributed by atoms with E-state index in [0.717, 1.165) is 18.9 Å². The number of nitrogens with zero attached hydrogens (tertiary/aromatic N) is 3. The first kappa shape index (κ1) is 26.9. The van der Waals surface area contributed by atoms with Crippen LogP contribution in [0.5, 0.6) is 5.75 Å². The normalized spacial score (nSPS) is 14.8. The van der Waals surface area contributed by atoms with Gasteiger partial charge in [0.05, 0.1) is 19.2 Å². The molecule has 2 aromatic heterocycles. The van der Waals surface area contributed by atoms with Gasteiger partial charge in [-0.3, -0.25) is 4.79 Å². The number of pyridine rings is 1. The maximum atomic E-state index is 13.3. The van der Waals surface area contributed by atoms with Crippen LogP contribution in [0.3, 0.4) is 0 Å². The number of methoxy groups -OCH3 is 1. The van der Waals surface area contributed by atoms with E-state index in [2.05, 4.69) is 32.2 Å². The average Bonchev–Trinajstić information content (AvgIpc) is 3.52. The number of carbonyl (C=O) groups excluding carboxylic acids is 1. The molecule has 38 heavy (non-hydrogen) atoms. The van der Waals surface area contributed by atoms with Gasteiger partial charge in [-0.05, 0) is 50.1 Å². The molecule has 0 unspecified atom stereocenters. The van der Waals surface area contributed by atoms with Crippen molar-refractivity contribution in [2.75, 3.05) is 13.7 Å². The van der Waals surface area contributed by atoms with Crippen molar-refractivity contribution in [3.05, 3.63) is 66.0 Å². The number of halogens is 3. The molecule has 200 valence electrons. The fraction of sp³-hybridized carbons (Fsp3) is 0.308. The van der Waals surface area contributed by atoms with Crippen molar-refractivity contribution in [3.8, 4) is 17.2 Å². The van der Waals surface area contributed by atoms with E-state index in [9.17, 15) is 18.0 Å². The second-order valence-corrected chi connectivity index (χ2v) is 8.74. The largest absolute Gasteiger partial charge is 0.494 e. The van der Waals surface area contributed by atoms with E-state index < -0.39 is 23.3 Å². The van der Waals surface area contributed by atoms with Crippen LogP contribution in [0, 0.1) is 0 Å². The molecule has 0 saturated heterocycles. The number of aromatic nitrogens is 2. The number of nitrogens with one attached hydrogen (secondary N) is 2. The Morgan fingerprint density at radius 2 is 2.05 bits per heavy atom. The fourth-order valence-electron chi connectivity index (χ4n) is 3.82. The van der Waals surface area contributed by atoms with Gasteiger partial charge in [-0.2, -0.15) is 13.2 Å². The van der Waals surface area contributed by atoms with Gasteiger partial charge in [-0.25, -0.2) is 15.0 Å². The number of hydrogen-bond acceptors (Lipinski definition) is 8. The maximum absolute atomic E-state index is 13.3. The maximum Gasteiger partial charge on any atom is 0.433 e. The van der Waals surface area contributed by atoms with Crippen molar-refractivity contribution in [1.82, 2.24) is 20.6 Å². The number of carbonyl (C=O) groups is 1. The van der Waals surface area contributed by atoms with Gasteiger partial charge in [0.15, 0.2) is 11.5 Å². The van der Waals surface area contributed by atoms with E-state index in [-0.39, 0.29) is 35.2 Å². The van der Waals surface area contributed by atoms with Gasteiger partial charge in [-0.1, -0.05) is 12.7 Å². The number of benzene rings is 1. The highest BCUT2D eigenvalue weighted by Gasteiger charge is 2.45. The van der Waals surface area contributed by atoms with E-state index >= 15 is 0 Å². The van der Waals surface area contributed by atoms with Crippen molar-refractivity contribution >= 4 is 23.0 Å². The first-order chi connectivity index (χ1) is 18.1. The molecule has 1 aliphatic rings. The summed E-state index contributed by atoms with van der Waals surface area (Å²) in [7, 11) is 1.34. The summed E-state index contributed by atoms with van der Waals surface area (Å²) < 4.78 is 50.8. The molecule has 12 heteroatoms. The van der Waals surface area contributed by atoms with Gasteiger partial charge in [0, 0.05) is 23.7 Å². The van der Waals surface area contributed by atoms with Crippen LogP contribution >= 0.6 is 0 Å². The number of ether oxygens (including phenoxy) is 1. The molecule has 4 N–H and O–H groups in total. The summed E-state index contributed by atoms with van der Waals surface area (Å²) in [6.07, 6.45) is 2.09. The average molecular weight is 529 g/mol. The van der Waals surface area contributed by atoms with Crippen LogP contribution in [0.2, 0.25) is 0 Å². The topological polar surface area (TPSA) is 128 Å². The number of hydrogen-bond donors (Lipinski definition) is 3. The number of amides is 1. The lowest BCUT2D eigenvalue weighted by molar-refractivity contribution is -0.140. The number of oxazole rings is 1. The van der Waals surface area contributed by atoms with E-state index in [4.69, 9.17) is 14.9 Å². The summed E-state index contributed by atoms with van der Waals surface area (Å²) in [4.78, 5) is 25.4. The van der Waals surface area contributed by atoms with Crippen molar-refractivity contribution in [1.29, 1.82) is 0 Å². The fourth-order valence-corrected chi connectivity index (χ4v) is 3.82. The smallest absolute Gasteiger partial charge is 0.433 e. The van der Waals surface area contributed by atoms with Gasteiger partial charge in [0.25, 0.3) is 5.91 Å². The van der Waals surface area contributed by atoms with Crippen LogP contribution in [0.15, 0.2) is 58.2 Å². The van der Waals surface area contributed by atoms with Crippen LogP contribution in [-0.2, 0) is 12.7 Å². The second kappa shape index (κ2) is 10.7. The minimum Gasteiger partial charge on any atom is -0.494 e. The Morgan fingerprint density at radius 3 is 2.68 bits per heavy atom. The van der Waals surface area contributed by atoms with Gasteiger partial charge in [0.1, 0.15) is 22.8 Å². The molecule has 0 spiro atoms. The molecule has 1 aliphatic carbocycles. The van der Waals surface area contributed by atoms with Crippen molar-refractivity contribution in [2.45, 2.75) is 38.0 Å². The summed E-state index contributed by atoms with van der Waals surface area (Å²) in [6, 6.07) is 5.18. The lowest BCUT2D eigenvalue weighted by atomic mass is 10.1. The number of nitrogens with two attached hydrogens (primary N) is 1. The summed E-state index contributed by atoms with van der Waals surface area (Å²) in [5, 5.41) is 6.39. The van der Waals surface area contributed by atoms with E-state index in [1.807, 2.05) is 13.0 Å². The molecular weight excluding hydrogens is 501 g/mol. The van der Waals surface area contributed by atoms with Gasteiger partial charge in [-0.15, -0.1) is 0 Å². The zero-order valence-electron chi connectivity index (χ0n) is 20.9. The Bertz CT molecular complexity index is 1420. The van der Waals surface area contributed by atoms with Crippen LogP contribution in [0.1, 0.15) is 41.7 Å². The number of fused-ring (bicyclic) bond motifs is 1. The van der Waals surface area contributed by atoms with E-state index in [1.54, 1.807) is 18.4 Å². The molecule has 0 atom stereocenters. The van der Waals surface area contributed by atoms with Crippen LogP contribution in [-0.4, -0.2) is 41.3 Å². The number of rotatable bonds is 10. The Kier molecular flexibility index (Phi) is 7.53. The van der Waals surface area contributed by atoms with Crippen LogP contribution in [0.4, 0.5) is 13.2 Å². The van der Waals surface area contributed by atoms with Crippen LogP contribution in [0.25, 0.3) is 22.4 Å². The molecule has 3 aromatic rings. The minimum atomic E-state index is -4.63. The monoisotopic (exact) mass is 528 g/mol. The highest BCUT2D eigenvalue weighted by atomic mass is 19.4. The minimum absolute atomic E-state index is 0.00236. The van der Waals surface area contributed by atoms with E-state index in [0.29, 0.717) is 23.3 Å². The van der Waals surface area contributed by atoms with Crippen LogP contribution < -0.4 is 21.1 Å². The van der Waals surface area contributed by atoms with Crippen molar-refractivity contribution in [3.63, 3.8) is 0 Å². The third kappa shape index (κ3) is 5.70. The lowest BCUT2D eigenvalue weighted by Crippen LogP contribution is -2.44. The first-order valence-electron chi connectivity index (χ1n) is 11.8. The van der Waals surface area contributed by atoms with Gasteiger partial charge < -0.3 is 25.5 Å². The highest BCUT2D eigenvalue weighted by Crippen LogP contribution is 2.38. The first-order valence-corrected chi connectivity index (χ1v) is 11.8. The number of allylic oxidation sites excluding steroid dienone is 2. The molecular formula is C26H27F3N6O3. The Hall–Kier alpha value is -4.19. The van der Waals surface area contributed by atoms with Gasteiger partial charge in [0.2, 0.25) is 5.89 Å². The summed E-state index contributed by atoms with van der Waals surface area (Å²) in [6.45, 7) is 6.02. The van der Waals surface area contributed by atoms with Crippen molar-refractivity contribution in [2.24, 2.45) is 10.7 Å². The third-order valence-corrected chi connectivity index (χ3v) is 6.03. The predicted molar refractivity (Wildman–Crippen MR) is 137 cm³/mol. The number of alkyl halides is 3. The molecule has 0 aliphatic heterocycles. The molecule has 0 bridgehead atoms. The standard InChI is InChI=1S/C26H27F3N6O3/c1-4-5-12-31-15(2)32-14-25(10-11-25)35-23(36)22-19(13-30)38-24(34-22)17-6-8-18(37-3)21-16(17)7-9-20(33-21)26(27,28)29/h4-9,12,32H,2,10-11,13-14,30H2,1,3H3,(H,35,36)/b5-4-,31-12-. The predicted octanol–water partition coefficient (Wildman–Crippen LogP) is 4.35. The summed E-state index contributed by atoms with van der Waals surface area (Å²) in [5.74, 6) is 0.310. The van der Waals surface area contributed by atoms with Crippen molar-refractivity contribution < 1.29 is 27.1 Å². The quantitative estimate of drug-likeness (QED) is 0.334. The molecule has 4 rings (SSSR count). The molecule has 2 heterocycles. The van der Waals surface area contributed by atoms with E-state index in [1.165, 1.54) is 19.2 Å². The molecule has 1 saturated carbocycles. The third-order valence-electron chi connectivity index (χ3n) is 6.03. The Balaban J connectivity index is 1.60. The molecule has 1 amide bonds. The zero-order valence-corrected chi connectivity index (χ0v) is 20.9. The highest BCUT2D eigenvalue weighted by molar-refractivity contribution is 5.98. The van der Waals surface area contributed by atoms with Gasteiger partial charge >= 0.3 is 6.18 Å². The summed E-state index contributed by atoms with van der Waals surface area (Å²) >= 11 is 0. The Labute approximate surface area is 216 Å². The molecule has 9 nitrogen and oxygen atoms in total. The Morgan fingerprint density at radius 1 is 1.29 bits per heavy atom. The second-order valence-electron chi connectivity index (χ2n) is 8.74. The molecule has 0 radical (unpaired) electrons. The number of aliphatic imine (C=N–C) groups is 1. The lowest BCUT2D eigenvalue weighted by Gasteiger charge is -2.18. The molecule has 1 fully saturated rings. The zero-order chi connectivity index (χ0) is 27.5.